The lowest BCUT2D eigenvalue weighted by Gasteiger charge is -2.11. The van der Waals surface area contributed by atoms with E-state index >= 15 is 0 Å². The Morgan fingerprint density at radius 1 is 1.03 bits per heavy atom. The van der Waals surface area contributed by atoms with Crippen molar-refractivity contribution in [3.63, 3.8) is 0 Å². The van der Waals surface area contributed by atoms with Gasteiger partial charge in [-0.1, -0.05) is 13.8 Å². The molecule has 162 valence electrons. The first-order valence-corrected chi connectivity index (χ1v) is 10.6. The molecular weight excluding hydrogens is 428 g/mol. The van der Waals surface area contributed by atoms with E-state index in [9.17, 15) is 22.0 Å². The van der Waals surface area contributed by atoms with Crippen molar-refractivity contribution >= 4 is 21.7 Å². The number of carbonyl (C=O) groups excluding carboxylic acids is 1. The molecule has 7 nitrogen and oxygen atoms in total. The standard InChI is InChI=1S/C21H19F2N3O4S/c1-12(2)18-8-13(6-7-24-18)14-4-5-20(25-11-14)31(28,29)26-19-10-16(22)15(9-17(19)23)21(27)30-3/h4-12,26H,1-3H3. The maximum atomic E-state index is 14.2. The Bertz CT molecular complexity index is 1230. The predicted molar refractivity (Wildman–Crippen MR) is 110 cm³/mol. The van der Waals surface area contributed by atoms with Crippen LogP contribution in [0.2, 0.25) is 0 Å². The van der Waals surface area contributed by atoms with Crippen molar-refractivity contribution in [3.05, 3.63) is 71.7 Å². The van der Waals surface area contributed by atoms with Crippen molar-refractivity contribution in [2.45, 2.75) is 24.8 Å². The van der Waals surface area contributed by atoms with Gasteiger partial charge < -0.3 is 4.74 Å². The molecule has 0 spiro atoms. The number of carbonyl (C=O) groups is 1. The number of hydrogen-bond donors (Lipinski definition) is 1. The number of methoxy groups -OCH3 is 1. The molecular formula is C21H19F2N3O4S. The lowest BCUT2D eigenvalue weighted by atomic mass is 10.0. The van der Waals surface area contributed by atoms with Crippen LogP contribution >= 0.6 is 0 Å². The first kappa shape index (κ1) is 22.3. The Kier molecular flexibility index (Phi) is 6.30. The lowest BCUT2D eigenvalue weighted by molar-refractivity contribution is 0.0595. The van der Waals surface area contributed by atoms with Gasteiger partial charge in [0.1, 0.15) is 11.6 Å². The zero-order valence-corrected chi connectivity index (χ0v) is 17.7. The van der Waals surface area contributed by atoms with Gasteiger partial charge in [-0.25, -0.2) is 18.6 Å². The van der Waals surface area contributed by atoms with E-state index in [1.165, 1.54) is 12.3 Å². The van der Waals surface area contributed by atoms with Gasteiger partial charge in [-0.2, -0.15) is 8.42 Å². The van der Waals surface area contributed by atoms with Crippen LogP contribution in [0.3, 0.4) is 0 Å². The predicted octanol–water partition coefficient (Wildman–Crippen LogP) is 4.13. The first-order chi connectivity index (χ1) is 14.6. The van der Waals surface area contributed by atoms with Crippen LogP contribution in [-0.2, 0) is 14.8 Å². The normalized spacial score (nSPS) is 11.4. The van der Waals surface area contributed by atoms with E-state index in [1.54, 1.807) is 18.3 Å². The van der Waals surface area contributed by atoms with Gasteiger partial charge in [0.15, 0.2) is 5.03 Å². The van der Waals surface area contributed by atoms with Crippen molar-refractivity contribution in [2.75, 3.05) is 11.8 Å². The highest BCUT2D eigenvalue weighted by atomic mass is 32.2. The maximum absolute atomic E-state index is 14.2. The molecule has 2 aromatic heterocycles. The minimum absolute atomic E-state index is 0.220. The minimum atomic E-state index is -4.31. The molecule has 2 heterocycles. The van der Waals surface area contributed by atoms with Gasteiger partial charge in [0.2, 0.25) is 0 Å². The number of pyridine rings is 2. The highest BCUT2D eigenvalue weighted by Gasteiger charge is 2.22. The Morgan fingerprint density at radius 2 is 1.77 bits per heavy atom. The maximum Gasteiger partial charge on any atom is 0.340 e. The van der Waals surface area contributed by atoms with Crippen LogP contribution in [0.1, 0.15) is 35.8 Å². The third-order valence-corrected chi connectivity index (χ3v) is 5.70. The average molecular weight is 447 g/mol. The van der Waals surface area contributed by atoms with E-state index in [4.69, 9.17) is 0 Å². The van der Waals surface area contributed by atoms with Crippen LogP contribution in [0.25, 0.3) is 11.1 Å². The smallest absolute Gasteiger partial charge is 0.340 e. The van der Waals surface area contributed by atoms with Crippen molar-refractivity contribution in [1.29, 1.82) is 0 Å². The minimum Gasteiger partial charge on any atom is -0.465 e. The SMILES string of the molecule is COC(=O)c1cc(F)c(NS(=O)(=O)c2ccc(-c3ccnc(C(C)C)c3)cn2)cc1F. The summed E-state index contributed by atoms with van der Waals surface area (Å²) in [5.74, 6) is -3.13. The molecule has 1 aromatic carbocycles. The number of anilines is 1. The van der Waals surface area contributed by atoms with Crippen LogP contribution in [0.15, 0.2) is 53.8 Å². The summed E-state index contributed by atoms with van der Waals surface area (Å²) in [6.07, 6.45) is 3.03. The quantitative estimate of drug-likeness (QED) is 0.571. The second-order valence-corrected chi connectivity index (χ2v) is 8.55. The van der Waals surface area contributed by atoms with E-state index in [0.29, 0.717) is 17.7 Å². The van der Waals surface area contributed by atoms with E-state index in [-0.39, 0.29) is 10.9 Å². The molecule has 1 N–H and O–H groups in total. The van der Waals surface area contributed by atoms with Gasteiger partial charge in [0, 0.05) is 29.7 Å². The molecule has 0 amide bonds. The van der Waals surface area contributed by atoms with Gasteiger partial charge in [-0.3, -0.25) is 9.71 Å². The summed E-state index contributed by atoms with van der Waals surface area (Å²) in [7, 11) is -3.29. The van der Waals surface area contributed by atoms with Crippen molar-refractivity contribution in [2.24, 2.45) is 0 Å². The van der Waals surface area contributed by atoms with Gasteiger partial charge >= 0.3 is 5.97 Å². The van der Waals surface area contributed by atoms with Crippen molar-refractivity contribution in [3.8, 4) is 11.1 Å². The highest BCUT2D eigenvalue weighted by Crippen LogP contribution is 2.25. The number of halogens is 2. The van der Waals surface area contributed by atoms with Gasteiger partial charge in [-0.15, -0.1) is 0 Å². The second kappa shape index (κ2) is 8.76. The van der Waals surface area contributed by atoms with Gasteiger partial charge in [0.25, 0.3) is 10.0 Å². The molecule has 31 heavy (non-hydrogen) atoms. The second-order valence-electron chi connectivity index (χ2n) is 6.92. The lowest BCUT2D eigenvalue weighted by Crippen LogP contribution is -2.16. The number of ether oxygens (including phenoxy) is 1. The number of benzene rings is 1. The Labute approximate surface area is 178 Å². The van der Waals surface area contributed by atoms with E-state index in [2.05, 4.69) is 14.7 Å². The monoisotopic (exact) mass is 447 g/mol. The van der Waals surface area contributed by atoms with Crippen LogP contribution in [-0.4, -0.2) is 31.5 Å². The molecule has 0 radical (unpaired) electrons. The topological polar surface area (TPSA) is 98.2 Å². The number of rotatable bonds is 6. The molecule has 3 rings (SSSR count). The number of nitrogens with one attached hydrogen (secondary N) is 1. The molecule has 3 aromatic rings. The Hall–Kier alpha value is -3.40. The van der Waals surface area contributed by atoms with Crippen molar-refractivity contribution < 1.29 is 26.7 Å². The summed E-state index contributed by atoms with van der Waals surface area (Å²) in [4.78, 5) is 19.7. The van der Waals surface area contributed by atoms with Crippen LogP contribution in [0.4, 0.5) is 14.5 Å². The summed E-state index contributed by atoms with van der Waals surface area (Å²) >= 11 is 0. The van der Waals surface area contributed by atoms with E-state index in [0.717, 1.165) is 18.4 Å². The highest BCUT2D eigenvalue weighted by molar-refractivity contribution is 7.92. The molecule has 0 saturated heterocycles. The molecule has 0 saturated carbocycles. The molecule has 0 aliphatic rings. The van der Waals surface area contributed by atoms with E-state index in [1.807, 2.05) is 24.6 Å². The molecule has 0 atom stereocenters. The number of sulfonamides is 1. The Balaban J connectivity index is 1.87. The molecule has 0 unspecified atom stereocenters. The average Bonchev–Trinajstić information content (AvgIpc) is 2.75. The van der Waals surface area contributed by atoms with Crippen LogP contribution in [0.5, 0.6) is 0 Å². The summed E-state index contributed by atoms with van der Waals surface area (Å²) in [5.41, 5.74) is 1.05. The van der Waals surface area contributed by atoms with Gasteiger partial charge in [-0.05, 0) is 41.8 Å². The molecule has 0 aliphatic carbocycles. The van der Waals surface area contributed by atoms with Gasteiger partial charge in [0.05, 0.1) is 18.4 Å². The molecule has 10 heteroatoms. The number of nitrogens with zero attached hydrogens (tertiary/aromatic N) is 2. The third kappa shape index (κ3) is 4.85. The first-order valence-electron chi connectivity index (χ1n) is 9.15. The molecule has 0 bridgehead atoms. The van der Waals surface area contributed by atoms with Crippen LogP contribution < -0.4 is 4.72 Å². The fraction of sp³-hybridized carbons (Fsp3) is 0.190. The molecule has 0 fully saturated rings. The summed E-state index contributed by atoms with van der Waals surface area (Å²) < 4.78 is 59.7. The summed E-state index contributed by atoms with van der Waals surface area (Å²) in [5, 5.41) is -0.383. The third-order valence-electron chi connectivity index (χ3n) is 4.42. The summed E-state index contributed by atoms with van der Waals surface area (Å²) in [6, 6.07) is 7.59. The number of hydrogen-bond acceptors (Lipinski definition) is 6. The number of aromatic nitrogens is 2. The van der Waals surface area contributed by atoms with E-state index < -0.39 is 38.9 Å². The van der Waals surface area contributed by atoms with Crippen LogP contribution in [0, 0.1) is 11.6 Å². The fourth-order valence-corrected chi connectivity index (χ4v) is 3.73. The fourth-order valence-electron chi connectivity index (χ4n) is 2.74. The zero-order chi connectivity index (χ0) is 22.8. The largest absolute Gasteiger partial charge is 0.465 e. The Morgan fingerprint density at radius 3 is 2.39 bits per heavy atom. The summed E-state index contributed by atoms with van der Waals surface area (Å²) in [6.45, 7) is 4.01. The number of esters is 1. The molecule has 0 aliphatic heterocycles. The van der Waals surface area contributed by atoms with Crippen molar-refractivity contribution in [1.82, 2.24) is 9.97 Å². The zero-order valence-electron chi connectivity index (χ0n) is 16.9.